The lowest BCUT2D eigenvalue weighted by Gasteiger charge is -2.22. The van der Waals surface area contributed by atoms with Gasteiger partial charge in [-0.15, -0.1) is 11.3 Å². The molecule has 0 saturated heterocycles. The largest absolute Gasteiger partial charge is 0.382 e. The van der Waals surface area contributed by atoms with Crippen molar-refractivity contribution in [2.24, 2.45) is 0 Å². The van der Waals surface area contributed by atoms with Gasteiger partial charge in [0, 0.05) is 21.2 Å². The average Bonchev–Trinajstić information content (AvgIpc) is 2.62. The number of hydrogen-bond donors (Lipinski definition) is 1. The quantitative estimate of drug-likeness (QED) is 0.904. The van der Waals surface area contributed by atoms with Crippen molar-refractivity contribution < 1.29 is 9.90 Å². The Labute approximate surface area is 102 Å². The summed E-state index contributed by atoms with van der Waals surface area (Å²) >= 11 is 4.88. The first-order chi connectivity index (χ1) is 7.01. The van der Waals surface area contributed by atoms with E-state index in [-0.39, 0.29) is 5.78 Å². The van der Waals surface area contributed by atoms with Crippen LogP contribution in [0.5, 0.6) is 0 Å². The van der Waals surface area contributed by atoms with Crippen molar-refractivity contribution in [3.63, 3.8) is 0 Å². The van der Waals surface area contributed by atoms with Crippen LogP contribution in [-0.4, -0.2) is 16.5 Å². The minimum Gasteiger partial charge on any atom is -0.382 e. The van der Waals surface area contributed by atoms with E-state index in [1.165, 1.54) is 11.3 Å². The Morgan fingerprint density at radius 2 is 2.13 bits per heavy atom. The lowest BCUT2D eigenvalue weighted by atomic mass is 9.90. The molecule has 1 rings (SSSR count). The van der Waals surface area contributed by atoms with Gasteiger partial charge in [0.15, 0.2) is 5.78 Å². The summed E-state index contributed by atoms with van der Waals surface area (Å²) in [4.78, 5) is 12.8. The van der Waals surface area contributed by atoms with E-state index in [1.807, 2.05) is 25.3 Å². The number of aliphatic hydroxyl groups is 1. The molecule has 0 aliphatic carbocycles. The molecule has 0 aliphatic rings. The van der Waals surface area contributed by atoms with E-state index >= 15 is 0 Å². The number of ketones is 1. The number of carbonyl (C=O) groups excluding carboxylic acids is 1. The zero-order valence-corrected chi connectivity index (χ0v) is 11.3. The molecule has 1 N–H and O–H groups in total. The molecule has 0 spiro atoms. The van der Waals surface area contributed by atoms with Crippen molar-refractivity contribution in [2.45, 2.75) is 38.7 Å². The number of rotatable bonds is 5. The molecular formula is C11H15BrO2S. The molecule has 4 heteroatoms. The highest BCUT2D eigenvalue weighted by Gasteiger charge is 2.31. The maximum absolute atomic E-state index is 11.8. The summed E-state index contributed by atoms with van der Waals surface area (Å²) in [6, 6.07) is 1.92. The Morgan fingerprint density at radius 3 is 2.53 bits per heavy atom. The lowest BCUT2D eigenvalue weighted by molar-refractivity contribution is -0.137. The number of carbonyl (C=O) groups is 1. The van der Waals surface area contributed by atoms with Crippen LogP contribution in [-0.2, 0) is 11.2 Å². The van der Waals surface area contributed by atoms with Gasteiger partial charge in [0.2, 0.25) is 0 Å². The van der Waals surface area contributed by atoms with E-state index < -0.39 is 5.60 Å². The van der Waals surface area contributed by atoms with Crippen LogP contribution in [0.1, 0.15) is 31.6 Å². The fraction of sp³-hybridized carbons (Fsp3) is 0.545. The van der Waals surface area contributed by atoms with Crippen molar-refractivity contribution in [3.05, 3.63) is 20.8 Å². The van der Waals surface area contributed by atoms with Crippen molar-refractivity contribution in [1.82, 2.24) is 0 Å². The second kappa shape index (κ2) is 5.23. The first-order valence-electron chi connectivity index (χ1n) is 5.00. The number of thiophene rings is 1. The molecule has 84 valence electrons. The standard InChI is InChI=1S/C11H15BrO2S/c1-3-11(14,4-2)10(13)6-9-5-8(12)7-15-9/h5,7,14H,3-4,6H2,1-2H3. The van der Waals surface area contributed by atoms with Crippen LogP contribution < -0.4 is 0 Å². The molecule has 0 bridgehead atoms. The molecule has 1 aromatic rings. The van der Waals surface area contributed by atoms with Gasteiger partial charge in [-0.05, 0) is 34.8 Å². The number of halogens is 1. The van der Waals surface area contributed by atoms with Crippen LogP contribution in [0.25, 0.3) is 0 Å². The van der Waals surface area contributed by atoms with Crippen LogP contribution >= 0.6 is 27.3 Å². The fourth-order valence-corrected chi connectivity index (χ4v) is 2.86. The van der Waals surface area contributed by atoms with E-state index in [0.29, 0.717) is 19.3 Å². The molecule has 1 aromatic heterocycles. The van der Waals surface area contributed by atoms with Gasteiger partial charge in [0.1, 0.15) is 5.60 Å². The summed E-state index contributed by atoms with van der Waals surface area (Å²) in [5.74, 6) is -0.0816. The molecular weight excluding hydrogens is 276 g/mol. The van der Waals surface area contributed by atoms with Crippen molar-refractivity contribution in [2.75, 3.05) is 0 Å². The van der Waals surface area contributed by atoms with E-state index in [4.69, 9.17) is 0 Å². The van der Waals surface area contributed by atoms with E-state index in [2.05, 4.69) is 15.9 Å². The second-order valence-electron chi connectivity index (χ2n) is 3.57. The minimum atomic E-state index is -1.14. The summed E-state index contributed by atoms with van der Waals surface area (Å²) in [6.07, 6.45) is 1.29. The molecule has 0 saturated carbocycles. The smallest absolute Gasteiger partial charge is 0.169 e. The monoisotopic (exact) mass is 290 g/mol. The van der Waals surface area contributed by atoms with Gasteiger partial charge in [0.05, 0.1) is 0 Å². The van der Waals surface area contributed by atoms with Crippen LogP contribution in [0.15, 0.2) is 15.9 Å². The molecule has 0 aliphatic heterocycles. The predicted octanol–water partition coefficient (Wildman–Crippen LogP) is 3.17. The van der Waals surface area contributed by atoms with Gasteiger partial charge in [-0.2, -0.15) is 0 Å². The minimum absolute atomic E-state index is 0.0816. The Bertz CT molecular complexity index is 342. The number of hydrogen-bond acceptors (Lipinski definition) is 3. The number of Topliss-reactive ketones (excluding diaryl/α,β-unsaturated/α-hetero) is 1. The molecule has 2 nitrogen and oxygen atoms in total. The third-order valence-electron chi connectivity index (χ3n) is 2.65. The zero-order valence-electron chi connectivity index (χ0n) is 8.92. The van der Waals surface area contributed by atoms with Crippen LogP contribution in [0, 0.1) is 0 Å². The van der Waals surface area contributed by atoms with Crippen molar-refractivity contribution in [1.29, 1.82) is 0 Å². The normalized spacial score (nSPS) is 11.7. The van der Waals surface area contributed by atoms with Crippen LogP contribution in [0.2, 0.25) is 0 Å². The van der Waals surface area contributed by atoms with E-state index in [9.17, 15) is 9.90 Å². The van der Waals surface area contributed by atoms with Gasteiger partial charge in [-0.3, -0.25) is 4.79 Å². The SMILES string of the molecule is CCC(O)(CC)C(=O)Cc1cc(Br)cs1. The zero-order chi connectivity index (χ0) is 11.5. The average molecular weight is 291 g/mol. The second-order valence-corrected chi connectivity index (χ2v) is 5.48. The topological polar surface area (TPSA) is 37.3 Å². The summed E-state index contributed by atoms with van der Waals surface area (Å²) < 4.78 is 0.992. The Hall–Kier alpha value is -0.190. The molecule has 0 unspecified atom stereocenters. The maximum atomic E-state index is 11.8. The molecule has 0 atom stereocenters. The fourth-order valence-electron chi connectivity index (χ4n) is 1.41. The third-order valence-corrected chi connectivity index (χ3v) is 4.34. The summed E-state index contributed by atoms with van der Waals surface area (Å²) in [7, 11) is 0. The van der Waals surface area contributed by atoms with Crippen LogP contribution in [0.3, 0.4) is 0 Å². The van der Waals surface area contributed by atoms with Gasteiger partial charge in [-0.1, -0.05) is 13.8 Å². The molecule has 15 heavy (non-hydrogen) atoms. The molecule has 0 radical (unpaired) electrons. The van der Waals surface area contributed by atoms with Gasteiger partial charge in [0.25, 0.3) is 0 Å². The maximum Gasteiger partial charge on any atom is 0.169 e. The molecule has 1 heterocycles. The highest BCUT2D eigenvalue weighted by Crippen LogP contribution is 2.24. The van der Waals surface area contributed by atoms with Gasteiger partial charge in [-0.25, -0.2) is 0 Å². The molecule has 0 fully saturated rings. The van der Waals surface area contributed by atoms with Crippen LogP contribution in [0.4, 0.5) is 0 Å². The van der Waals surface area contributed by atoms with Crippen molar-refractivity contribution in [3.8, 4) is 0 Å². The highest BCUT2D eigenvalue weighted by molar-refractivity contribution is 9.10. The van der Waals surface area contributed by atoms with Gasteiger partial charge >= 0.3 is 0 Å². The third kappa shape index (κ3) is 3.13. The van der Waals surface area contributed by atoms with Gasteiger partial charge < -0.3 is 5.11 Å². The Morgan fingerprint density at radius 1 is 1.53 bits per heavy atom. The predicted molar refractivity (Wildman–Crippen MR) is 66.3 cm³/mol. The van der Waals surface area contributed by atoms with E-state index in [1.54, 1.807) is 0 Å². The summed E-state index contributed by atoms with van der Waals surface area (Å²) in [5, 5.41) is 12.0. The first kappa shape index (κ1) is 12.9. The lowest BCUT2D eigenvalue weighted by Crippen LogP contribution is -2.38. The van der Waals surface area contributed by atoms with E-state index in [0.717, 1.165) is 9.35 Å². The van der Waals surface area contributed by atoms with Crippen molar-refractivity contribution >= 4 is 33.0 Å². The Balaban J connectivity index is 2.70. The molecule has 0 amide bonds. The summed E-state index contributed by atoms with van der Waals surface area (Å²) in [6.45, 7) is 3.68. The summed E-state index contributed by atoms with van der Waals surface area (Å²) in [5.41, 5.74) is -1.14. The Kier molecular flexibility index (Phi) is 4.49. The first-order valence-corrected chi connectivity index (χ1v) is 6.67. The molecule has 0 aromatic carbocycles. The highest BCUT2D eigenvalue weighted by atomic mass is 79.9.